The lowest BCUT2D eigenvalue weighted by Crippen LogP contribution is -2.25. The molecule has 1 heterocycles. The molecule has 2 aromatic carbocycles. The average Bonchev–Trinajstić information content (AvgIpc) is 3.25. The summed E-state index contributed by atoms with van der Waals surface area (Å²) in [5, 5.41) is 6.16. The Kier molecular flexibility index (Phi) is 9.60. The molecule has 1 aliphatic carbocycles. The van der Waals surface area contributed by atoms with E-state index >= 15 is 0 Å². The van der Waals surface area contributed by atoms with Crippen molar-refractivity contribution in [3.8, 4) is 11.3 Å². The molecule has 3 unspecified atom stereocenters. The predicted octanol–water partition coefficient (Wildman–Crippen LogP) is 8.38. The molecule has 0 aliphatic heterocycles. The Balaban J connectivity index is 1.70. The number of methoxy groups -OCH3 is 1. The maximum atomic E-state index is 13.8. The molecule has 0 amide bonds. The van der Waals surface area contributed by atoms with E-state index in [9.17, 15) is 9.59 Å². The van der Waals surface area contributed by atoms with Crippen molar-refractivity contribution in [3.05, 3.63) is 92.6 Å². The Hall–Kier alpha value is -2.57. The van der Waals surface area contributed by atoms with E-state index in [4.69, 9.17) is 56.2 Å². The molecule has 0 saturated heterocycles. The van der Waals surface area contributed by atoms with Gasteiger partial charge in [0.15, 0.2) is 5.78 Å². The van der Waals surface area contributed by atoms with E-state index in [0.29, 0.717) is 44.9 Å². The highest BCUT2D eigenvalue weighted by Crippen LogP contribution is 2.36. The molecule has 3 aromatic rings. The van der Waals surface area contributed by atoms with Crippen LogP contribution in [0.2, 0.25) is 10.0 Å². The Morgan fingerprint density at radius 2 is 1.79 bits per heavy atom. The number of aromatic nitrogens is 2. The monoisotopic (exact) mass is 604 g/mol. The summed E-state index contributed by atoms with van der Waals surface area (Å²) in [7, 11) is 1.35. The number of hydrogen-bond acceptors (Lipinski definition) is 4. The van der Waals surface area contributed by atoms with E-state index in [1.54, 1.807) is 35.9 Å². The second-order valence-corrected chi connectivity index (χ2v) is 11.4. The van der Waals surface area contributed by atoms with Gasteiger partial charge in [-0.3, -0.25) is 9.59 Å². The van der Waals surface area contributed by atoms with Crippen LogP contribution in [0.4, 0.5) is 0 Å². The van der Waals surface area contributed by atoms with Crippen LogP contribution in [0.3, 0.4) is 0 Å². The Morgan fingerprint density at radius 1 is 1.10 bits per heavy atom. The summed E-state index contributed by atoms with van der Waals surface area (Å²) in [5.41, 5.74) is 4.05. The number of esters is 1. The Labute approximate surface area is 248 Å². The maximum Gasteiger partial charge on any atom is 0.309 e. The molecule has 0 spiro atoms. The fourth-order valence-electron chi connectivity index (χ4n) is 4.80. The summed E-state index contributed by atoms with van der Waals surface area (Å²) in [4.78, 5) is 26.5. The summed E-state index contributed by atoms with van der Waals surface area (Å²) < 4.78 is 6.76. The van der Waals surface area contributed by atoms with Crippen molar-refractivity contribution in [2.24, 2.45) is 11.8 Å². The van der Waals surface area contributed by atoms with Gasteiger partial charge in [0, 0.05) is 27.1 Å². The number of rotatable bonds is 9. The number of carbonyl (C=O) groups excluding carboxylic acids is 2. The summed E-state index contributed by atoms with van der Waals surface area (Å²) in [5.74, 6) is -1.64. The van der Waals surface area contributed by atoms with Crippen molar-refractivity contribution < 1.29 is 14.3 Å². The molecule has 0 saturated carbocycles. The highest BCUT2D eigenvalue weighted by atomic mass is 35.5. The third-order valence-corrected chi connectivity index (χ3v) is 8.10. The number of carbonyl (C=O) groups is 2. The van der Waals surface area contributed by atoms with Gasteiger partial charge in [-0.25, -0.2) is 4.68 Å². The van der Waals surface area contributed by atoms with Crippen LogP contribution >= 0.6 is 46.4 Å². The first-order chi connectivity index (χ1) is 18.6. The number of halogens is 4. The van der Waals surface area contributed by atoms with Crippen LogP contribution in [0.15, 0.2) is 65.7 Å². The lowest BCUT2D eigenvalue weighted by molar-refractivity contribution is -0.145. The SMILES string of the molecule is COC(=O)C(Cc1ccccc1Cl)CC(C)C(=O)c1nn(C2=CCC(Cl)C=C2Cl)c(-c2ccc(Cl)cc2)c1C. The molecule has 1 aromatic heterocycles. The minimum absolute atomic E-state index is 0.179. The Morgan fingerprint density at radius 3 is 2.44 bits per heavy atom. The van der Waals surface area contributed by atoms with E-state index in [1.165, 1.54) is 7.11 Å². The number of Topliss-reactive ketones (excluding diaryl/α,β-unsaturated/α-hetero) is 1. The fourth-order valence-corrected chi connectivity index (χ4v) is 5.73. The summed E-state index contributed by atoms with van der Waals surface area (Å²) in [6.45, 7) is 3.66. The number of nitrogens with zero attached hydrogens (tertiary/aromatic N) is 2. The van der Waals surface area contributed by atoms with Gasteiger partial charge in [0.25, 0.3) is 0 Å². The van der Waals surface area contributed by atoms with Crippen LogP contribution in [-0.2, 0) is 16.0 Å². The highest BCUT2D eigenvalue weighted by molar-refractivity contribution is 6.37. The van der Waals surface area contributed by atoms with Gasteiger partial charge < -0.3 is 4.74 Å². The molecule has 5 nitrogen and oxygen atoms in total. The van der Waals surface area contributed by atoms with Gasteiger partial charge in [-0.1, -0.05) is 78.1 Å². The van der Waals surface area contributed by atoms with Crippen LogP contribution in [0, 0.1) is 18.8 Å². The largest absolute Gasteiger partial charge is 0.469 e. The molecule has 39 heavy (non-hydrogen) atoms. The van der Waals surface area contributed by atoms with Crippen LogP contribution in [0.25, 0.3) is 17.0 Å². The Bertz CT molecular complexity index is 1440. The van der Waals surface area contributed by atoms with Gasteiger partial charge in [0.1, 0.15) is 5.69 Å². The van der Waals surface area contributed by atoms with Crippen molar-refractivity contribution >= 4 is 63.9 Å². The van der Waals surface area contributed by atoms with Crippen LogP contribution in [0.1, 0.15) is 41.4 Å². The third-order valence-electron chi connectivity index (χ3n) is 6.85. The van der Waals surface area contributed by atoms with E-state index < -0.39 is 17.8 Å². The van der Waals surface area contributed by atoms with Crippen LogP contribution < -0.4 is 0 Å². The first-order valence-corrected chi connectivity index (χ1v) is 14.1. The number of benzene rings is 2. The molecular formula is C30H28Cl4N2O3. The van der Waals surface area contributed by atoms with Gasteiger partial charge in [0.05, 0.1) is 34.8 Å². The number of allylic oxidation sites excluding steroid dienone is 4. The van der Waals surface area contributed by atoms with Crippen molar-refractivity contribution in [2.75, 3.05) is 7.11 Å². The number of hydrogen-bond donors (Lipinski definition) is 0. The second kappa shape index (κ2) is 12.7. The maximum absolute atomic E-state index is 13.8. The van der Waals surface area contributed by atoms with E-state index in [0.717, 1.165) is 16.8 Å². The molecule has 1 aliphatic rings. The van der Waals surface area contributed by atoms with Crippen molar-refractivity contribution in [2.45, 2.75) is 38.5 Å². The minimum Gasteiger partial charge on any atom is -0.469 e. The van der Waals surface area contributed by atoms with E-state index in [-0.39, 0.29) is 17.6 Å². The van der Waals surface area contributed by atoms with Gasteiger partial charge in [-0.05, 0) is 56.0 Å². The minimum atomic E-state index is -0.550. The topological polar surface area (TPSA) is 61.2 Å². The zero-order valence-corrected chi connectivity index (χ0v) is 24.8. The van der Waals surface area contributed by atoms with E-state index in [1.807, 2.05) is 43.3 Å². The number of alkyl halides is 1. The summed E-state index contributed by atoms with van der Waals surface area (Å²) >= 11 is 25.3. The number of ether oxygens (including phenoxy) is 1. The molecule has 0 bridgehead atoms. The first kappa shape index (κ1) is 29.4. The first-order valence-electron chi connectivity index (χ1n) is 12.5. The average molecular weight is 606 g/mol. The van der Waals surface area contributed by atoms with Gasteiger partial charge in [0.2, 0.25) is 0 Å². The zero-order chi connectivity index (χ0) is 28.3. The third kappa shape index (κ3) is 6.60. The summed E-state index contributed by atoms with van der Waals surface area (Å²) in [6, 6.07) is 14.7. The lowest BCUT2D eigenvalue weighted by Gasteiger charge is -2.19. The summed E-state index contributed by atoms with van der Waals surface area (Å²) in [6.07, 6.45) is 4.90. The normalized spacial score (nSPS) is 16.7. The smallest absolute Gasteiger partial charge is 0.309 e. The van der Waals surface area contributed by atoms with Gasteiger partial charge in [-0.15, -0.1) is 11.6 Å². The van der Waals surface area contributed by atoms with Crippen LogP contribution in [0.5, 0.6) is 0 Å². The highest BCUT2D eigenvalue weighted by Gasteiger charge is 2.31. The van der Waals surface area contributed by atoms with Crippen LogP contribution in [-0.4, -0.2) is 34.0 Å². The van der Waals surface area contributed by atoms with Gasteiger partial charge in [-0.2, -0.15) is 5.10 Å². The zero-order valence-electron chi connectivity index (χ0n) is 21.8. The molecule has 4 rings (SSSR count). The fraction of sp³-hybridized carbons (Fsp3) is 0.300. The molecule has 0 fully saturated rings. The molecule has 3 atom stereocenters. The number of ketones is 1. The van der Waals surface area contributed by atoms with Crippen molar-refractivity contribution in [1.29, 1.82) is 0 Å². The quantitative estimate of drug-likeness (QED) is 0.140. The molecule has 0 N–H and O–H groups in total. The predicted molar refractivity (Wildman–Crippen MR) is 159 cm³/mol. The second-order valence-electron chi connectivity index (χ2n) is 9.61. The molecule has 9 heteroatoms. The van der Waals surface area contributed by atoms with Crippen molar-refractivity contribution in [3.63, 3.8) is 0 Å². The lowest BCUT2D eigenvalue weighted by atomic mass is 9.86. The molecule has 204 valence electrons. The molecule has 0 radical (unpaired) electrons. The van der Waals surface area contributed by atoms with Gasteiger partial charge >= 0.3 is 5.97 Å². The molecular weight excluding hydrogens is 578 g/mol. The van der Waals surface area contributed by atoms with E-state index in [2.05, 4.69) is 0 Å². The van der Waals surface area contributed by atoms with Crippen molar-refractivity contribution in [1.82, 2.24) is 9.78 Å². The standard InChI is InChI=1S/C30H28Cl4N2O3/c1-17(14-21(30(38)39-3)15-20-6-4-5-7-24(20)33)29(37)27-18(2)28(19-8-10-22(31)11-9-19)36(35-27)26-13-12-23(32)16-25(26)34/h4-11,13,16-17,21,23H,12,14-15H2,1-3H3.